The van der Waals surface area contributed by atoms with Crippen LogP contribution in [0.25, 0.3) is 0 Å². The summed E-state index contributed by atoms with van der Waals surface area (Å²) in [5, 5.41) is 0. The first-order valence-corrected chi connectivity index (χ1v) is 6.89. The third-order valence-electron chi connectivity index (χ3n) is 4.12. The Bertz CT molecular complexity index is 536. The smallest absolute Gasteiger partial charge is 0.329 e. The predicted molar refractivity (Wildman–Crippen MR) is 81.0 cm³/mol. The molecule has 1 aliphatic rings. The van der Waals surface area contributed by atoms with Gasteiger partial charge in [-0.15, -0.1) is 12.4 Å². The molecule has 1 aromatic carbocycles. The normalized spacial score (nSPS) is 25.8. The van der Waals surface area contributed by atoms with Crippen LogP contribution < -0.4 is 5.73 Å². The van der Waals surface area contributed by atoms with Crippen molar-refractivity contribution in [2.75, 3.05) is 6.54 Å². The van der Waals surface area contributed by atoms with Crippen molar-refractivity contribution < 1.29 is 18.0 Å². The Kier molecular flexibility index (Phi) is 5.87. The van der Waals surface area contributed by atoms with Gasteiger partial charge in [0.1, 0.15) is 6.54 Å². The second-order valence-electron chi connectivity index (χ2n) is 5.63. The van der Waals surface area contributed by atoms with E-state index in [1.54, 1.807) is 6.92 Å². The lowest BCUT2D eigenvalue weighted by molar-refractivity contribution is -0.170. The third-order valence-corrected chi connectivity index (χ3v) is 4.12. The van der Waals surface area contributed by atoms with Crippen LogP contribution in [0, 0.1) is 6.92 Å². The minimum Gasteiger partial charge on any atom is -0.329 e. The number of rotatable bonds is 2. The molecule has 0 radical (unpaired) electrons. The molecule has 2 N–H and O–H groups in total. The van der Waals surface area contributed by atoms with Gasteiger partial charge >= 0.3 is 6.18 Å². The van der Waals surface area contributed by atoms with Crippen molar-refractivity contribution in [2.45, 2.75) is 44.4 Å². The van der Waals surface area contributed by atoms with Crippen molar-refractivity contribution in [3.8, 4) is 0 Å². The zero-order valence-corrected chi connectivity index (χ0v) is 13.2. The van der Waals surface area contributed by atoms with E-state index in [-0.39, 0.29) is 18.3 Å². The number of nitrogens with zero attached hydrogens (tertiary/aromatic N) is 1. The van der Waals surface area contributed by atoms with Crippen molar-refractivity contribution >= 4 is 18.3 Å². The second-order valence-corrected chi connectivity index (χ2v) is 5.63. The van der Waals surface area contributed by atoms with Crippen LogP contribution in [-0.4, -0.2) is 35.6 Å². The maximum Gasteiger partial charge on any atom is 0.406 e. The molecule has 124 valence electrons. The molecule has 0 bridgehead atoms. The molecule has 1 amide bonds. The molecule has 0 saturated carbocycles. The lowest BCUT2D eigenvalue weighted by Gasteiger charge is -2.42. The number of likely N-dealkylation sites (tertiary alicyclic amines) is 1. The number of nitrogens with two attached hydrogens (primary N) is 1. The highest BCUT2D eigenvalue weighted by Gasteiger charge is 2.43. The van der Waals surface area contributed by atoms with Crippen LogP contribution in [-0.2, 0) is 4.79 Å². The number of aryl methyl sites for hydroxylation is 1. The molecular weight excluding hydrogens is 317 g/mol. The summed E-state index contributed by atoms with van der Waals surface area (Å²) in [7, 11) is 0. The Morgan fingerprint density at radius 3 is 2.45 bits per heavy atom. The van der Waals surface area contributed by atoms with Crippen molar-refractivity contribution in [1.82, 2.24) is 4.90 Å². The lowest BCUT2D eigenvalue weighted by atomic mass is 9.80. The van der Waals surface area contributed by atoms with Gasteiger partial charge in [-0.05, 0) is 31.4 Å². The van der Waals surface area contributed by atoms with E-state index < -0.39 is 30.7 Å². The van der Waals surface area contributed by atoms with E-state index in [1.165, 1.54) is 0 Å². The van der Waals surface area contributed by atoms with Crippen molar-refractivity contribution in [3.63, 3.8) is 0 Å². The standard InChI is InChI=1S/C15H19F3N2O.ClH/c1-9-5-3-4-6-11(9)12-7-13(19)14(21)20(10(12)2)8-15(16,17)18;/h3-6,10,12-13H,7-8,19H2,1-2H3;1H. The monoisotopic (exact) mass is 336 g/mol. The largest absolute Gasteiger partial charge is 0.406 e. The number of piperidine rings is 1. The minimum atomic E-state index is -4.42. The first kappa shape index (κ1) is 18.8. The first-order valence-electron chi connectivity index (χ1n) is 6.89. The van der Waals surface area contributed by atoms with Crippen molar-refractivity contribution in [3.05, 3.63) is 35.4 Å². The van der Waals surface area contributed by atoms with Crippen LogP contribution in [0.5, 0.6) is 0 Å². The molecule has 0 spiro atoms. The highest BCUT2D eigenvalue weighted by atomic mass is 35.5. The topological polar surface area (TPSA) is 46.3 Å². The molecular formula is C15H20ClF3N2O. The van der Waals surface area contributed by atoms with Gasteiger partial charge in [-0.25, -0.2) is 0 Å². The van der Waals surface area contributed by atoms with Gasteiger partial charge in [-0.2, -0.15) is 13.2 Å². The average Bonchev–Trinajstić information content (AvgIpc) is 2.39. The number of amides is 1. The number of hydrogen-bond donors (Lipinski definition) is 1. The summed E-state index contributed by atoms with van der Waals surface area (Å²) in [4.78, 5) is 12.8. The van der Waals surface area contributed by atoms with Gasteiger partial charge in [0.05, 0.1) is 6.04 Å². The molecule has 7 heteroatoms. The van der Waals surface area contributed by atoms with Crippen LogP contribution in [0.15, 0.2) is 24.3 Å². The number of carbonyl (C=O) groups excluding carboxylic acids is 1. The molecule has 1 aromatic rings. The summed E-state index contributed by atoms with van der Waals surface area (Å²) in [6.07, 6.45) is -4.05. The minimum absolute atomic E-state index is 0. The maximum atomic E-state index is 12.7. The fourth-order valence-electron chi connectivity index (χ4n) is 3.01. The highest BCUT2D eigenvalue weighted by Crippen LogP contribution is 2.35. The SMILES string of the molecule is Cc1ccccc1C1CC(N)C(=O)N(CC(F)(F)F)C1C.Cl. The van der Waals surface area contributed by atoms with E-state index in [0.29, 0.717) is 6.42 Å². The van der Waals surface area contributed by atoms with Crippen molar-refractivity contribution in [1.29, 1.82) is 0 Å². The highest BCUT2D eigenvalue weighted by molar-refractivity contribution is 5.85. The number of halogens is 4. The summed E-state index contributed by atoms with van der Waals surface area (Å²) >= 11 is 0. The van der Waals surface area contributed by atoms with Gasteiger partial charge in [-0.1, -0.05) is 24.3 Å². The van der Waals surface area contributed by atoms with Gasteiger partial charge in [0, 0.05) is 12.0 Å². The van der Waals surface area contributed by atoms with Crippen LogP contribution in [0.3, 0.4) is 0 Å². The fourth-order valence-corrected chi connectivity index (χ4v) is 3.01. The average molecular weight is 337 g/mol. The number of hydrogen-bond acceptors (Lipinski definition) is 2. The maximum absolute atomic E-state index is 12.7. The van der Waals surface area contributed by atoms with E-state index >= 15 is 0 Å². The number of carbonyl (C=O) groups is 1. The summed E-state index contributed by atoms with van der Waals surface area (Å²) in [5.74, 6) is -0.800. The molecule has 0 aromatic heterocycles. The molecule has 3 unspecified atom stereocenters. The van der Waals surface area contributed by atoms with Gasteiger partial charge in [0.15, 0.2) is 0 Å². The molecule has 2 rings (SSSR count). The summed E-state index contributed by atoms with van der Waals surface area (Å²) < 4.78 is 38.1. The van der Waals surface area contributed by atoms with Crippen LogP contribution in [0.1, 0.15) is 30.4 Å². The summed E-state index contributed by atoms with van der Waals surface area (Å²) in [6.45, 7) is 2.33. The van der Waals surface area contributed by atoms with E-state index in [9.17, 15) is 18.0 Å². The van der Waals surface area contributed by atoms with Crippen LogP contribution >= 0.6 is 12.4 Å². The fraction of sp³-hybridized carbons (Fsp3) is 0.533. The quantitative estimate of drug-likeness (QED) is 0.902. The summed E-state index contributed by atoms with van der Waals surface area (Å²) in [6, 6.07) is 6.13. The Labute approximate surface area is 134 Å². The Hall–Kier alpha value is -1.27. The Morgan fingerprint density at radius 1 is 1.32 bits per heavy atom. The lowest BCUT2D eigenvalue weighted by Crippen LogP contribution is -2.57. The first-order chi connectivity index (χ1) is 9.70. The molecule has 3 nitrogen and oxygen atoms in total. The molecule has 1 fully saturated rings. The third kappa shape index (κ3) is 3.93. The molecule has 1 aliphatic heterocycles. The van der Waals surface area contributed by atoms with E-state index in [2.05, 4.69) is 0 Å². The zero-order valence-electron chi connectivity index (χ0n) is 12.4. The zero-order chi connectivity index (χ0) is 15.8. The number of alkyl halides is 3. The Balaban J connectivity index is 0.00000242. The number of benzene rings is 1. The Morgan fingerprint density at radius 2 is 1.91 bits per heavy atom. The second kappa shape index (κ2) is 6.87. The van der Waals surface area contributed by atoms with Gasteiger partial charge < -0.3 is 10.6 Å². The van der Waals surface area contributed by atoms with Crippen LogP contribution in [0.2, 0.25) is 0 Å². The van der Waals surface area contributed by atoms with E-state index in [4.69, 9.17) is 5.73 Å². The van der Waals surface area contributed by atoms with Gasteiger partial charge in [-0.3, -0.25) is 4.79 Å². The van der Waals surface area contributed by atoms with Gasteiger partial charge in [0.25, 0.3) is 0 Å². The molecule has 0 aliphatic carbocycles. The predicted octanol–water partition coefficient (Wildman–Crippen LogP) is 3.01. The molecule has 22 heavy (non-hydrogen) atoms. The molecule has 3 atom stereocenters. The van der Waals surface area contributed by atoms with E-state index in [0.717, 1.165) is 16.0 Å². The summed E-state index contributed by atoms with van der Waals surface area (Å²) in [5.41, 5.74) is 7.73. The van der Waals surface area contributed by atoms with Crippen molar-refractivity contribution in [2.24, 2.45) is 5.73 Å². The molecule has 1 saturated heterocycles. The van der Waals surface area contributed by atoms with Gasteiger partial charge in [0.2, 0.25) is 5.91 Å². The van der Waals surface area contributed by atoms with E-state index in [1.807, 2.05) is 31.2 Å². The molecule has 1 heterocycles. The van der Waals surface area contributed by atoms with Crippen LogP contribution in [0.4, 0.5) is 13.2 Å².